The Hall–Kier alpha value is -1.78. The second-order valence-corrected chi connectivity index (χ2v) is 3.20. The number of rotatable bonds is 1. The van der Waals surface area contributed by atoms with Gasteiger partial charge in [0.05, 0.1) is 17.4 Å². The molecule has 74 valence electrons. The van der Waals surface area contributed by atoms with Crippen LogP contribution < -0.4 is 11.4 Å². The van der Waals surface area contributed by atoms with Crippen LogP contribution in [-0.2, 0) is 13.6 Å². The maximum Gasteiger partial charge on any atom is 0.330 e. The molecule has 5 heteroatoms. The summed E-state index contributed by atoms with van der Waals surface area (Å²) in [5.74, 6) is 0. The average molecular weight is 192 g/mol. The van der Waals surface area contributed by atoms with Crippen molar-refractivity contribution in [1.82, 2.24) is 14.1 Å². The highest BCUT2D eigenvalue weighted by Gasteiger charge is 2.09. The van der Waals surface area contributed by atoms with Crippen LogP contribution in [0.1, 0.15) is 6.92 Å². The number of nitrogens with zero attached hydrogens (tertiary/aromatic N) is 3. The third kappa shape index (κ3) is 1.02. The minimum absolute atomic E-state index is 0.0550. The summed E-state index contributed by atoms with van der Waals surface area (Å²) in [4.78, 5) is 15.8. The number of nitrogen functional groups attached to an aromatic ring is 1. The molecule has 0 atom stereocenters. The number of nitrogens with two attached hydrogens (primary N) is 1. The highest BCUT2D eigenvalue weighted by Crippen LogP contribution is 2.12. The van der Waals surface area contributed by atoms with E-state index in [1.165, 1.54) is 4.57 Å². The standard InChI is InChI=1S/C9H12N4O/c1-3-13-7-4-6(10)5-11-8(7)12(2)9(13)14/h4-5H,3,10H2,1-2H3. The molecule has 5 nitrogen and oxygen atoms in total. The monoisotopic (exact) mass is 192 g/mol. The lowest BCUT2D eigenvalue weighted by Gasteiger charge is -1.97. The Bertz CT molecular complexity index is 537. The van der Waals surface area contributed by atoms with E-state index in [1.807, 2.05) is 6.92 Å². The fourth-order valence-corrected chi connectivity index (χ4v) is 1.60. The lowest BCUT2D eigenvalue weighted by atomic mass is 10.4. The number of fused-ring (bicyclic) bond motifs is 1. The molecule has 2 aromatic heterocycles. The zero-order valence-electron chi connectivity index (χ0n) is 8.19. The van der Waals surface area contributed by atoms with Gasteiger partial charge in [0.2, 0.25) is 0 Å². The fraction of sp³-hybridized carbons (Fsp3) is 0.333. The van der Waals surface area contributed by atoms with Crippen molar-refractivity contribution in [1.29, 1.82) is 0 Å². The molecule has 2 rings (SSSR count). The molecular weight excluding hydrogens is 180 g/mol. The highest BCUT2D eigenvalue weighted by atomic mass is 16.1. The Kier molecular flexibility index (Phi) is 1.80. The maximum atomic E-state index is 11.7. The molecule has 0 spiro atoms. The molecule has 2 N–H and O–H groups in total. The molecule has 2 aromatic rings. The van der Waals surface area contributed by atoms with Crippen molar-refractivity contribution < 1.29 is 0 Å². The molecule has 0 bridgehead atoms. The van der Waals surface area contributed by atoms with Crippen molar-refractivity contribution in [3.63, 3.8) is 0 Å². The molecule has 0 radical (unpaired) electrons. The minimum atomic E-state index is -0.0550. The topological polar surface area (TPSA) is 65.8 Å². The summed E-state index contributed by atoms with van der Waals surface area (Å²) in [5, 5.41) is 0. The van der Waals surface area contributed by atoms with Gasteiger partial charge in [0.1, 0.15) is 0 Å². The van der Waals surface area contributed by atoms with Gasteiger partial charge in [-0.3, -0.25) is 9.13 Å². The van der Waals surface area contributed by atoms with Crippen molar-refractivity contribution >= 4 is 16.9 Å². The Balaban J connectivity index is 2.96. The van der Waals surface area contributed by atoms with Crippen molar-refractivity contribution in [2.24, 2.45) is 7.05 Å². The van der Waals surface area contributed by atoms with Gasteiger partial charge >= 0.3 is 5.69 Å². The first-order chi connectivity index (χ1) is 6.65. The molecule has 0 fully saturated rings. The number of aromatic nitrogens is 3. The Morgan fingerprint density at radius 3 is 2.93 bits per heavy atom. The number of hydrogen-bond acceptors (Lipinski definition) is 3. The van der Waals surface area contributed by atoms with E-state index in [4.69, 9.17) is 5.73 Å². The zero-order valence-corrected chi connectivity index (χ0v) is 8.19. The number of hydrogen-bond donors (Lipinski definition) is 1. The first-order valence-corrected chi connectivity index (χ1v) is 4.46. The molecule has 2 heterocycles. The first-order valence-electron chi connectivity index (χ1n) is 4.46. The van der Waals surface area contributed by atoms with Gasteiger partial charge < -0.3 is 5.73 Å². The van der Waals surface area contributed by atoms with Gasteiger partial charge in [-0.1, -0.05) is 0 Å². The van der Waals surface area contributed by atoms with Crippen molar-refractivity contribution in [2.75, 3.05) is 5.73 Å². The second kappa shape index (κ2) is 2.87. The number of aryl methyl sites for hydroxylation is 2. The van der Waals surface area contributed by atoms with Crippen molar-refractivity contribution in [2.45, 2.75) is 13.5 Å². The lowest BCUT2D eigenvalue weighted by Crippen LogP contribution is -2.21. The van der Waals surface area contributed by atoms with Crippen LogP contribution in [0, 0.1) is 0 Å². The normalized spacial score (nSPS) is 11.0. The second-order valence-electron chi connectivity index (χ2n) is 3.20. The summed E-state index contributed by atoms with van der Waals surface area (Å²) in [5.41, 5.74) is 7.60. The van der Waals surface area contributed by atoms with Gasteiger partial charge in [0, 0.05) is 13.6 Å². The molecule has 0 saturated heterocycles. The molecule has 0 aliphatic carbocycles. The van der Waals surface area contributed by atoms with Crippen LogP contribution >= 0.6 is 0 Å². The average Bonchev–Trinajstić information content (AvgIpc) is 2.39. The van der Waals surface area contributed by atoms with E-state index in [-0.39, 0.29) is 5.69 Å². The van der Waals surface area contributed by atoms with Crippen LogP contribution in [0.15, 0.2) is 17.1 Å². The van der Waals surface area contributed by atoms with Crippen LogP contribution in [0.4, 0.5) is 5.69 Å². The van der Waals surface area contributed by atoms with E-state index in [9.17, 15) is 4.79 Å². The maximum absolute atomic E-state index is 11.7. The third-order valence-electron chi connectivity index (χ3n) is 2.31. The van der Waals surface area contributed by atoms with Gasteiger partial charge in [-0.15, -0.1) is 0 Å². The predicted octanol–water partition coefficient (Wildman–Crippen LogP) is 0.337. The van der Waals surface area contributed by atoms with Gasteiger partial charge in [-0.2, -0.15) is 0 Å². The molecule has 0 unspecified atom stereocenters. The zero-order chi connectivity index (χ0) is 10.3. The van der Waals surface area contributed by atoms with E-state index in [0.717, 1.165) is 5.52 Å². The Morgan fingerprint density at radius 2 is 2.29 bits per heavy atom. The first kappa shape index (κ1) is 8.80. The van der Waals surface area contributed by atoms with Crippen LogP contribution in [-0.4, -0.2) is 14.1 Å². The summed E-state index contributed by atoms with van der Waals surface area (Å²) in [7, 11) is 1.71. The van der Waals surface area contributed by atoms with Crippen molar-refractivity contribution in [3.05, 3.63) is 22.7 Å². The van der Waals surface area contributed by atoms with Crippen LogP contribution in [0.5, 0.6) is 0 Å². The van der Waals surface area contributed by atoms with E-state index in [1.54, 1.807) is 23.9 Å². The molecule has 0 saturated carbocycles. The molecule has 0 aromatic carbocycles. The SMILES string of the molecule is CCn1c(=O)n(C)c2ncc(N)cc21. The van der Waals surface area contributed by atoms with Crippen molar-refractivity contribution in [3.8, 4) is 0 Å². The van der Waals surface area contributed by atoms with Gasteiger partial charge in [0.25, 0.3) is 0 Å². The molecule has 14 heavy (non-hydrogen) atoms. The summed E-state index contributed by atoms with van der Waals surface area (Å²) in [6, 6.07) is 1.77. The number of imidazole rings is 1. The van der Waals surface area contributed by atoms with Gasteiger partial charge in [0.15, 0.2) is 5.65 Å². The predicted molar refractivity (Wildman–Crippen MR) is 55.1 cm³/mol. The molecule has 0 amide bonds. The van der Waals surface area contributed by atoms with E-state index in [0.29, 0.717) is 17.9 Å². The van der Waals surface area contributed by atoms with Gasteiger partial charge in [-0.25, -0.2) is 9.78 Å². The Morgan fingerprint density at radius 1 is 1.57 bits per heavy atom. The number of anilines is 1. The quantitative estimate of drug-likeness (QED) is 0.708. The largest absolute Gasteiger partial charge is 0.397 e. The van der Waals surface area contributed by atoms with E-state index >= 15 is 0 Å². The minimum Gasteiger partial charge on any atom is -0.397 e. The molecule has 0 aliphatic heterocycles. The van der Waals surface area contributed by atoms with Crippen LogP contribution in [0.3, 0.4) is 0 Å². The molecule has 0 aliphatic rings. The third-order valence-corrected chi connectivity index (χ3v) is 2.31. The Labute approximate surface area is 80.8 Å². The summed E-state index contributed by atoms with van der Waals surface area (Å²) < 4.78 is 3.18. The summed E-state index contributed by atoms with van der Waals surface area (Å²) >= 11 is 0. The van der Waals surface area contributed by atoms with E-state index < -0.39 is 0 Å². The summed E-state index contributed by atoms with van der Waals surface area (Å²) in [6.07, 6.45) is 1.56. The van der Waals surface area contributed by atoms with Crippen LogP contribution in [0.25, 0.3) is 11.2 Å². The smallest absolute Gasteiger partial charge is 0.330 e. The van der Waals surface area contributed by atoms with Crippen LogP contribution in [0.2, 0.25) is 0 Å². The molecular formula is C9H12N4O. The van der Waals surface area contributed by atoms with Gasteiger partial charge in [-0.05, 0) is 13.0 Å². The highest BCUT2D eigenvalue weighted by molar-refractivity contribution is 5.74. The number of pyridine rings is 1. The summed E-state index contributed by atoms with van der Waals surface area (Å²) in [6.45, 7) is 2.55. The lowest BCUT2D eigenvalue weighted by molar-refractivity contribution is 0.711. The fourth-order valence-electron chi connectivity index (χ4n) is 1.60. The van der Waals surface area contributed by atoms with E-state index in [2.05, 4.69) is 4.98 Å².